The SMILES string of the molecule is Cc1cc(-c2ccc(-c3ccc(CP)c(C)c3)cc2)ccc1P. The van der Waals surface area contributed by atoms with Gasteiger partial charge in [0.1, 0.15) is 0 Å². The van der Waals surface area contributed by atoms with Crippen molar-refractivity contribution in [2.75, 3.05) is 0 Å². The Morgan fingerprint density at radius 1 is 0.652 bits per heavy atom. The molecule has 0 amide bonds. The number of hydrogen-bond donors (Lipinski definition) is 0. The highest BCUT2D eigenvalue weighted by Gasteiger charge is 2.04. The van der Waals surface area contributed by atoms with Crippen molar-refractivity contribution in [2.45, 2.75) is 20.0 Å². The molecule has 116 valence electrons. The second-order valence-electron chi connectivity index (χ2n) is 5.99. The van der Waals surface area contributed by atoms with E-state index in [0.717, 1.165) is 6.16 Å². The Kier molecular flexibility index (Phi) is 4.96. The van der Waals surface area contributed by atoms with Gasteiger partial charge in [-0.2, -0.15) is 0 Å². The van der Waals surface area contributed by atoms with Crippen molar-refractivity contribution in [1.82, 2.24) is 0 Å². The van der Waals surface area contributed by atoms with Crippen LogP contribution in [0.15, 0.2) is 60.7 Å². The summed E-state index contributed by atoms with van der Waals surface area (Å²) >= 11 is 0. The Labute approximate surface area is 143 Å². The lowest BCUT2D eigenvalue weighted by atomic mass is 9.97. The fourth-order valence-corrected chi connectivity index (χ4v) is 3.45. The molecule has 0 saturated heterocycles. The number of benzene rings is 3. The van der Waals surface area contributed by atoms with Gasteiger partial charge in [-0.05, 0) is 64.3 Å². The van der Waals surface area contributed by atoms with Crippen LogP contribution in [0.4, 0.5) is 0 Å². The third-order valence-corrected chi connectivity index (χ3v) is 5.47. The van der Waals surface area contributed by atoms with E-state index in [1.807, 2.05) is 0 Å². The minimum atomic E-state index is 1.01. The zero-order valence-corrected chi connectivity index (χ0v) is 15.9. The van der Waals surface area contributed by atoms with E-state index in [1.165, 1.54) is 44.2 Å². The van der Waals surface area contributed by atoms with Crippen LogP contribution in [0.25, 0.3) is 22.3 Å². The molecule has 23 heavy (non-hydrogen) atoms. The van der Waals surface area contributed by atoms with Crippen molar-refractivity contribution in [2.24, 2.45) is 0 Å². The lowest BCUT2D eigenvalue weighted by Gasteiger charge is -2.09. The molecule has 2 unspecified atom stereocenters. The fourth-order valence-electron chi connectivity index (χ4n) is 2.81. The molecule has 3 rings (SSSR count). The Morgan fingerprint density at radius 3 is 1.61 bits per heavy atom. The van der Waals surface area contributed by atoms with Crippen LogP contribution in [0.5, 0.6) is 0 Å². The van der Waals surface area contributed by atoms with Gasteiger partial charge in [-0.3, -0.25) is 0 Å². The van der Waals surface area contributed by atoms with Crippen LogP contribution >= 0.6 is 18.5 Å². The van der Waals surface area contributed by atoms with Gasteiger partial charge in [0.15, 0.2) is 0 Å². The lowest BCUT2D eigenvalue weighted by Crippen LogP contribution is -1.95. The van der Waals surface area contributed by atoms with Crippen LogP contribution in [0.1, 0.15) is 16.7 Å². The fraction of sp³-hybridized carbons (Fsp3) is 0.143. The predicted octanol–water partition coefficient (Wildman–Crippen LogP) is 5.51. The van der Waals surface area contributed by atoms with Crippen LogP contribution in [0, 0.1) is 13.8 Å². The van der Waals surface area contributed by atoms with Crippen molar-refractivity contribution in [3.8, 4) is 22.3 Å². The maximum atomic E-state index is 2.80. The summed E-state index contributed by atoms with van der Waals surface area (Å²) in [7, 11) is 5.58. The van der Waals surface area contributed by atoms with Gasteiger partial charge in [0.25, 0.3) is 0 Å². The molecule has 0 N–H and O–H groups in total. The first kappa shape index (κ1) is 16.4. The summed E-state index contributed by atoms with van der Waals surface area (Å²) in [5.74, 6) is 0. The van der Waals surface area contributed by atoms with Crippen LogP contribution in [-0.4, -0.2) is 0 Å². The van der Waals surface area contributed by atoms with Gasteiger partial charge in [-0.25, -0.2) is 0 Å². The third-order valence-electron chi connectivity index (χ3n) is 4.38. The molecule has 0 aliphatic rings. The number of hydrogen-bond acceptors (Lipinski definition) is 0. The molecule has 0 heterocycles. The van der Waals surface area contributed by atoms with Crippen molar-refractivity contribution in [3.05, 3.63) is 77.4 Å². The van der Waals surface area contributed by atoms with Crippen LogP contribution in [0.3, 0.4) is 0 Å². The second-order valence-corrected chi connectivity index (χ2v) is 7.02. The molecule has 0 bridgehead atoms. The van der Waals surface area contributed by atoms with Gasteiger partial charge >= 0.3 is 0 Å². The van der Waals surface area contributed by atoms with Crippen LogP contribution in [0.2, 0.25) is 0 Å². The summed E-state index contributed by atoms with van der Waals surface area (Å²) in [5.41, 5.74) is 9.14. The second kappa shape index (κ2) is 6.96. The minimum Gasteiger partial charge on any atom is -0.133 e. The van der Waals surface area contributed by atoms with Crippen LogP contribution in [-0.2, 0) is 6.16 Å². The molecule has 0 saturated carbocycles. The van der Waals surface area contributed by atoms with Crippen molar-refractivity contribution in [3.63, 3.8) is 0 Å². The first-order valence-corrected chi connectivity index (χ1v) is 9.24. The van der Waals surface area contributed by atoms with E-state index in [1.54, 1.807) is 0 Å². The first-order chi connectivity index (χ1) is 11.1. The monoisotopic (exact) mass is 336 g/mol. The topological polar surface area (TPSA) is 0 Å². The maximum Gasteiger partial charge on any atom is -0.0126 e. The summed E-state index contributed by atoms with van der Waals surface area (Å²) in [6.07, 6.45) is 1.01. The Bertz CT molecular complexity index is 833. The largest absolute Gasteiger partial charge is 0.133 e. The molecular weight excluding hydrogens is 314 g/mol. The standard InChI is InChI=1S/C21H22P2/c1-14-11-18(7-8-20(14)13-22)16-3-5-17(6-4-16)19-9-10-21(23)15(2)12-19/h3-12H,13,22-23H2,1-2H3. The summed E-state index contributed by atoms with van der Waals surface area (Å²) < 4.78 is 0. The summed E-state index contributed by atoms with van der Waals surface area (Å²) in [6, 6.07) is 22.2. The maximum absolute atomic E-state index is 2.80. The molecule has 3 aromatic rings. The molecule has 0 nitrogen and oxygen atoms in total. The minimum absolute atomic E-state index is 1.01. The molecule has 3 aromatic carbocycles. The van der Waals surface area contributed by atoms with E-state index >= 15 is 0 Å². The molecule has 2 atom stereocenters. The summed E-state index contributed by atoms with van der Waals surface area (Å²) in [6.45, 7) is 4.33. The molecular formula is C21H22P2. The summed E-state index contributed by atoms with van der Waals surface area (Å²) in [4.78, 5) is 0. The van der Waals surface area contributed by atoms with Gasteiger partial charge in [0.2, 0.25) is 0 Å². The van der Waals surface area contributed by atoms with Crippen molar-refractivity contribution >= 4 is 23.8 Å². The molecule has 0 spiro atoms. The van der Waals surface area contributed by atoms with Crippen LogP contribution < -0.4 is 5.30 Å². The summed E-state index contributed by atoms with van der Waals surface area (Å²) in [5, 5.41) is 1.26. The molecule has 2 heteroatoms. The highest BCUT2D eigenvalue weighted by Crippen LogP contribution is 2.27. The zero-order valence-electron chi connectivity index (χ0n) is 13.6. The van der Waals surface area contributed by atoms with E-state index in [2.05, 4.69) is 93.0 Å². The Balaban J connectivity index is 1.92. The van der Waals surface area contributed by atoms with Gasteiger partial charge in [0, 0.05) is 0 Å². The smallest absolute Gasteiger partial charge is 0.0126 e. The van der Waals surface area contributed by atoms with Gasteiger partial charge in [-0.1, -0.05) is 60.7 Å². The van der Waals surface area contributed by atoms with Crippen molar-refractivity contribution < 1.29 is 0 Å². The highest BCUT2D eigenvalue weighted by molar-refractivity contribution is 7.27. The Hall–Kier alpha value is -1.48. The molecule has 0 fully saturated rings. The lowest BCUT2D eigenvalue weighted by molar-refractivity contribution is 1.31. The van der Waals surface area contributed by atoms with E-state index in [9.17, 15) is 0 Å². The molecule has 0 aliphatic carbocycles. The van der Waals surface area contributed by atoms with Crippen molar-refractivity contribution in [1.29, 1.82) is 0 Å². The first-order valence-electron chi connectivity index (χ1n) is 7.85. The molecule has 0 radical (unpaired) electrons. The quantitative estimate of drug-likeness (QED) is 0.553. The van der Waals surface area contributed by atoms with E-state index in [-0.39, 0.29) is 0 Å². The average molecular weight is 336 g/mol. The van der Waals surface area contributed by atoms with Gasteiger partial charge in [0.05, 0.1) is 0 Å². The number of aryl methyl sites for hydroxylation is 2. The predicted molar refractivity (Wildman–Crippen MR) is 110 cm³/mol. The molecule has 0 aromatic heterocycles. The number of rotatable bonds is 3. The normalized spacial score (nSPS) is 10.8. The van der Waals surface area contributed by atoms with E-state index in [0.29, 0.717) is 0 Å². The Morgan fingerprint density at radius 2 is 1.13 bits per heavy atom. The highest BCUT2D eigenvalue weighted by atomic mass is 31.0. The zero-order chi connectivity index (χ0) is 16.4. The molecule has 0 aliphatic heterocycles. The van der Waals surface area contributed by atoms with Gasteiger partial charge < -0.3 is 0 Å². The third kappa shape index (κ3) is 3.55. The van der Waals surface area contributed by atoms with E-state index in [4.69, 9.17) is 0 Å². The van der Waals surface area contributed by atoms with E-state index < -0.39 is 0 Å². The average Bonchev–Trinajstić information content (AvgIpc) is 2.57. The van der Waals surface area contributed by atoms with Gasteiger partial charge in [-0.15, -0.1) is 18.5 Å².